The molecule has 6 rings (SSSR count). The second kappa shape index (κ2) is 6.95. The molecule has 1 heterocycles. The Kier molecular flexibility index (Phi) is 4.70. The van der Waals surface area contributed by atoms with E-state index in [9.17, 15) is 4.79 Å². The van der Waals surface area contributed by atoms with Gasteiger partial charge in [-0.2, -0.15) is 0 Å². The largest absolute Gasteiger partial charge is 0.379 e. The van der Waals surface area contributed by atoms with Crippen molar-refractivity contribution in [1.29, 1.82) is 0 Å². The zero-order valence-electron chi connectivity index (χ0n) is 19.5. The van der Waals surface area contributed by atoms with Crippen LogP contribution in [-0.2, 0) is 17.8 Å². The Labute approximate surface area is 182 Å². The number of nitrogens with zero attached hydrogens (tertiary/aromatic N) is 1. The van der Waals surface area contributed by atoms with Gasteiger partial charge in [-0.3, -0.25) is 4.79 Å². The van der Waals surface area contributed by atoms with Gasteiger partial charge in [-0.15, -0.1) is 0 Å². The van der Waals surface area contributed by atoms with Gasteiger partial charge in [-0.1, -0.05) is 6.07 Å². The summed E-state index contributed by atoms with van der Waals surface area (Å²) >= 11 is 0. The highest BCUT2D eigenvalue weighted by molar-refractivity contribution is 6.01. The fourth-order valence-electron chi connectivity index (χ4n) is 7.48. The highest BCUT2D eigenvalue weighted by Gasteiger charge is 2.54. The lowest BCUT2D eigenvalue weighted by molar-refractivity contribution is -0.138. The summed E-state index contributed by atoms with van der Waals surface area (Å²) in [5.74, 6) is 2.81. The summed E-state index contributed by atoms with van der Waals surface area (Å²) < 4.78 is 0. The third-order valence-electron chi connectivity index (χ3n) is 8.28. The van der Waals surface area contributed by atoms with E-state index in [0.29, 0.717) is 5.78 Å². The summed E-state index contributed by atoms with van der Waals surface area (Å²) in [6.07, 6.45) is 10.6. The van der Waals surface area contributed by atoms with E-state index in [1.807, 2.05) is 6.08 Å². The van der Waals surface area contributed by atoms with Crippen LogP contribution < -0.4 is 5.32 Å². The molecule has 1 aromatic carbocycles. The van der Waals surface area contributed by atoms with Gasteiger partial charge in [0.25, 0.3) is 0 Å². The third-order valence-corrected chi connectivity index (χ3v) is 8.28. The minimum Gasteiger partial charge on any atom is -0.379 e. The van der Waals surface area contributed by atoms with Crippen LogP contribution in [0.25, 0.3) is 5.70 Å². The number of benzene rings is 1. The SMILES string of the molecule is Cc1cc2c(cc1CN(C)C)C(=CC(=O)C13CC4CC(CC(C4)C1)C3)NC(C)(C)C2. The molecule has 3 nitrogen and oxygen atoms in total. The molecule has 0 spiro atoms. The second-order valence-electron chi connectivity index (χ2n) is 12.0. The molecule has 4 aliphatic carbocycles. The fourth-order valence-corrected chi connectivity index (χ4v) is 7.48. The Balaban J connectivity index is 1.52. The molecule has 0 aromatic heterocycles. The van der Waals surface area contributed by atoms with Gasteiger partial charge < -0.3 is 10.2 Å². The number of ketones is 1. The molecule has 5 aliphatic rings. The van der Waals surface area contributed by atoms with Crippen molar-refractivity contribution in [2.45, 2.75) is 77.8 Å². The maximum absolute atomic E-state index is 13.8. The van der Waals surface area contributed by atoms with Gasteiger partial charge in [-0.05, 0) is 120 Å². The average Bonchev–Trinajstić information content (AvgIpc) is 2.60. The summed E-state index contributed by atoms with van der Waals surface area (Å²) in [6.45, 7) is 7.65. The lowest BCUT2D eigenvalue weighted by atomic mass is 9.48. The number of hydrogen-bond acceptors (Lipinski definition) is 3. The average molecular weight is 407 g/mol. The lowest BCUT2D eigenvalue weighted by Gasteiger charge is -2.55. The van der Waals surface area contributed by atoms with E-state index in [4.69, 9.17) is 0 Å². The summed E-state index contributed by atoms with van der Waals surface area (Å²) in [4.78, 5) is 16.0. The Morgan fingerprint density at radius 3 is 2.27 bits per heavy atom. The topological polar surface area (TPSA) is 32.3 Å². The molecule has 0 unspecified atom stereocenters. The summed E-state index contributed by atoms with van der Waals surface area (Å²) in [5, 5.41) is 3.74. The molecule has 1 aliphatic heterocycles. The van der Waals surface area contributed by atoms with E-state index >= 15 is 0 Å². The minimum atomic E-state index is -0.0671. The number of fused-ring (bicyclic) bond motifs is 1. The maximum atomic E-state index is 13.8. The molecule has 1 N–H and O–H groups in total. The molecule has 4 fully saturated rings. The van der Waals surface area contributed by atoms with Crippen LogP contribution in [-0.4, -0.2) is 30.3 Å². The van der Waals surface area contributed by atoms with Crippen molar-refractivity contribution in [3.63, 3.8) is 0 Å². The van der Waals surface area contributed by atoms with Gasteiger partial charge in [0.1, 0.15) is 0 Å². The van der Waals surface area contributed by atoms with E-state index in [2.05, 4.69) is 57.2 Å². The monoisotopic (exact) mass is 406 g/mol. The Morgan fingerprint density at radius 1 is 1.10 bits per heavy atom. The van der Waals surface area contributed by atoms with E-state index < -0.39 is 0 Å². The molecule has 162 valence electrons. The molecule has 3 heteroatoms. The first-order valence-corrected chi connectivity index (χ1v) is 11.9. The van der Waals surface area contributed by atoms with E-state index in [1.54, 1.807) is 0 Å². The zero-order chi connectivity index (χ0) is 21.3. The van der Waals surface area contributed by atoms with Crippen LogP contribution in [0.5, 0.6) is 0 Å². The molecule has 4 saturated carbocycles. The van der Waals surface area contributed by atoms with Crippen LogP contribution in [0.3, 0.4) is 0 Å². The van der Waals surface area contributed by atoms with Crippen molar-refractivity contribution in [3.05, 3.63) is 40.5 Å². The van der Waals surface area contributed by atoms with Gasteiger partial charge in [0, 0.05) is 34.8 Å². The van der Waals surface area contributed by atoms with Crippen molar-refractivity contribution in [1.82, 2.24) is 10.2 Å². The van der Waals surface area contributed by atoms with Gasteiger partial charge in [0.15, 0.2) is 5.78 Å². The molecular formula is C27H38N2O. The first kappa shape index (κ1) is 20.3. The first-order valence-electron chi connectivity index (χ1n) is 11.9. The fraction of sp³-hybridized carbons (Fsp3) is 0.667. The molecule has 30 heavy (non-hydrogen) atoms. The normalized spacial score (nSPS) is 34.9. The van der Waals surface area contributed by atoms with Crippen molar-refractivity contribution in [2.24, 2.45) is 23.2 Å². The summed E-state index contributed by atoms with van der Waals surface area (Å²) in [5.41, 5.74) is 6.29. The highest BCUT2D eigenvalue weighted by Crippen LogP contribution is 2.60. The predicted octanol–water partition coefficient (Wildman–Crippen LogP) is 5.11. The number of hydrogen-bond donors (Lipinski definition) is 1. The molecule has 1 aromatic rings. The van der Waals surface area contributed by atoms with Gasteiger partial charge in [0.2, 0.25) is 0 Å². The summed E-state index contributed by atoms with van der Waals surface area (Å²) in [6, 6.07) is 4.70. The molecule has 4 bridgehead atoms. The van der Waals surface area contributed by atoms with Crippen molar-refractivity contribution in [2.75, 3.05) is 14.1 Å². The third kappa shape index (κ3) is 3.53. The van der Waals surface area contributed by atoms with Crippen molar-refractivity contribution in [3.8, 4) is 0 Å². The van der Waals surface area contributed by atoms with Crippen LogP contribution >= 0.6 is 0 Å². The molecular weight excluding hydrogens is 368 g/mol. The van der Waals surface area contributed by atoms with Crippen LogP contribution in [0.15, 0.2) is 18.2 Å². The molecule has 0 radical (unpaired) electrons. The Morgan fingerprint density at radius 2 is 1.70 bits per heavy atom. The number of nitrogens with one attached hydrogen (secondary N) is 1. The van der Waals surface area contributed by atoms with Gasteiger partial charge in [-0.25, -0.2) is 0 Å². The smallest absolute Gasteiger partial charge is 0.163 e. The van der Waals surface area contributed by atoms with E-state index in [0.717, 1.165) is 55.7 Å². The van der Waals surface area contributed by atoms with E-state index in [1.165, 1.54) is 41.5 Å². The minimum absolute atomic E-state index is 0.0317. The van der Waals surface area contributed by atoms with E-state index in [-0.39, 0.29) is 11.0 Å². The molecule has 0 atom stereocenters. The first-order chi connectivity index (χ1) is 14.1. The number of carbonyl (C=O) groups is 1. The maximum Gasteiger partial charge on any atom is 0.163 e. The number of aryl methyl sites for hydroxylation is 1. The van der Waals surface area contributed by atoms with Gasteiger partial charge in [0.05, 0.1) is 0 Å². The Hall–Kier alpha value is -1.61. The standard InChI is InChI=1S/C27H38N2O/c1-17-6-21-15-26(2,3)28-24(23(21)10-22(17)16-29(4)5)11-25(30)27-12-18-7-19(13-27)9-20(8-18)14-27/h6,10-11,18-20,28H,7-9,12-16H2,1-5H3. The number of allylic oxidation sites excluding steroid dienone is 1. The zero-order valence-corrected chi connectivity index (χ0v) is 19.5. The number of carbonyl (C=O) groups excluding carboxylic acids is 1. The highest BCUT2D eigenvalue weighted by atomic mass is 16.1. The van der Waals surface area contributed by atoms with Crippen LogP contribution in [0.4, 0.5) is 0 Å². The quantitative estimate of drug-likeness (QED) is 0.706. The summed E-state index contributed by atoms with van der Waals surface area (Å²) in [7, 11) is 4.24. The van der Waals surface area contributed by atoms with Crippen molar-refractivity contribution >= 4 is 11.5 Å². The van der Waals surface area contributed by atoms with Crippen molar-refractivity contribution < 1.29 is 4.79 Å². The predicted molar refractivity (Wildman–Crippen MR) is 123 cm³/mol. The molecule has 0 saturated heterocycles. The van der Waals surface area contributed by atoms with Crippen LogP contribution in [0, 0.1) is 30.1 Å². The van der Waals surface area contributed by atoms with Gasteiger partial charge >= 0.3 is 0 Å². The van der Waals surface area contributed by atoms with Crippen LogP contribution in [0.1, 0.15) is 74.6 Å². The molecule has 0 amide bonds. The number of rotatable bonds is 4. The Bertz CT molecular complexity index is 872. The second-order valence-corrected chi connectivity index (χ2v) is 12.0. The van der Waals surface area contributed by atoms with Crippen LogP contribution in [0.2, 0.25) is 0 Å². The lowest BCUT2D eigenvalue weighted by Crippen LogP contribution is -2.50.